The lowest BCUT2D eigenvalue weighted by Crippen LogP contribution is -2.14. The van der Waals surface area contributed by atoms with Gasteiger partial charge in [-0.3, -0.25) is 0 Å². The minimum atomic E-state index is -0.924. The summed E-state index contributed by atoms with van der Waals surface area (Å²) in [5.74, 6) is -1.79. The van der Waals surface area contributed by atoms with Gasteiger partial charge < -0.3 is 9.47 Å². The minimum Gasteiger partial charge on any atom is -0.494 e. The molecule has 4 rings (SSSR count). The van der Waals surface area contributed by atoms with Crippen LogP contribution in [-0.4, -0.2) is 13.7 Å². The van der Waals surface area contributed by atoms with Crippen molar-refractivity contribution >= 4 is 0 Å². The molecular formula is C21H21F3O2. The monoisotopic (exact) mass is 362 g/mol. The molecule has 2 aliphatic rings. The minimum absolute atomic E-state index is 0.0179. The summed E-state index contributed by atoms with van der Waals surface area (Å²) in [4.78, 5) is 0. The van der Waals surface area contributed by atoms with Crippen LogP contribution < -0.4 is 4.74 Å². The number of ether oxygens (including phenoxy) is 2. The second-order valence-corrected chi connectivity index (χ2v) is 7.14. The number of epoxide rings is 1. The number of halogens is 3. The van der Waals surface area contributed by atoms with Crippen molar-refractivity contribution in [3.63, 3.8) is 0 Å². The summed E-state index contributed by atoms with van der Waals surface area (Å²) in [5, 5.41) is 0. The van der Waals surface area contributed by atoms with Crippen molar-refractivity contribution in [3.8, 4) is 5.75 Å². The molecule has 0 radical (unpaired) electrons. The van der Waals surface area contributed by atoms with Crippen molar-refractivity contribution in [1.82, 2.24) is 0 Å². The van der Waals surface area contributed by atoms with Crippen LogP contribution in [0.25, 0.3) is 0 Å². The molecule has 0 aromatic heterocycles. The Hall–Kier alpha value is -2.01. The van der Waals surface area contributed by atoms with Crippen LogP contribution in [0.3, 0.4) is 0 Å². The van der Waals surface area contributed by atoms with Crippen LogP contribution in [0.2, 0.25) is 0 Å². The zero-order chi connectivity index (χ0) is 18.3. The van der Waals surface area contributed by atoms with E-state index in [0.717, 1.165) is 31.2 Å². The first-order valence-electron chi connectivity index (χ1n) is 9.01. The lowest BCUT2D eigenvalue weighted by Gasteiger charge is -2.29. The van der Waals surface area contributed by atoms with Gasteiger partial charge in [0.15, 0.2) is 11.6 Å². The Morgan fingerprint density at radius 3 is 2.15 bits per heavy atom. The molecule has 0 amide bonds. The third kappa shape index (κ3) is 3.20. The molecule has 26 heavy (non-hydrogen) atoms. The van der Waals surface area contributed by atoms with Crippen LogP contribution >= 0.6 is 0 Å². The fraction of sp³-hybridized carbons (Fsp3) is 0.429. The van der Waals surface area contributed by atoms with E-state index < -0.39 is 11.6 Å². The quantitative estimate of drug-likeness (QED) is 0.658. The van der Waals surface area contributed by atoms with E-state index in [1.54, 1.807) is 12.1 Å². The highest BCUT2D eigenvalue weighted by Crippen LogP contribution is 2.43. The smallest absolute Gasteiger partial charge is 0.200 e. The molecule has 5 heteroatoms. The molecule has 1 saturated heterocycles. The van der Waals surface area contributed by atoms with Gasteiger partial charge >= 0.3 is 0 Å². The van der Waals surface area contributed by atoms with Gasteiger partial charge in [-0.15, -0.1) is 0 Å². The second-order valence-electron chi connectivity index (χ2n) is 7.14. The first-order valence-corrected chi connectivity index (χ1v) is 9.01. The van der Waals surface area contributed by atoms with Crippen molar-refractivity contribution in [2.24, 2.45) is 0 Å². The van der Waals surface area contributed by atoms with Gasteiger partial charge in [0.1, 0.15) is 11.9 Å². The van der Waals surface area contributed by atoms with E-state index in [9.17, 15) is 13.2 Å². The van der Waals surface area contributed by atoms with Gasteiger partial charge in [-0.2, -0.15) is 4.39 Å². The summed E-state index contributed by atoms with van der Waals surface area (Å²) >= 11 is 0. The standard InChI is InChI=1S/C21H21F3O2/c1-25-18-9-8-15(20(23)21(18)24)13-4-2-12(3-5-13)14-6-7-16(17(22)10-14)19-11-26-19/h6-10,12-13,19H,2-5,11H2,1H3. The molecule has 0 spiro atoms. The number of hydrogen-bond donors (Lipinski definition) is 0. The van der Waals surface area contributed by atoms with Crippen molar-refractivity contribution in [1.29, 1.82) is 0 Å². The van der Waals surface area contributed by atoms with Gasteiger partial charge in [-0.25, -0.2) is 8.78 Å². The Morgan fingerprint density at radius 2 is 1.54 bits per heavy atom. The predicted molar refractivity (Wildman–Crippen MR) is 92.0 cm³/mol. The molecule has 1 aliphatic carbocycles. The van der Waals surface area contributed by atoms with Crippen molar-refractivity contribution in [2.45, 2.75) is 43.6 Å². The Balaban J connectivity index is 1.46. The molecule has 2 aromatic carbocycles. The maximum absolute atomic E-state index is 14.3. The predicted octanol–water partition coefficient (Wildman–Crippen LogP) is 5.63. The number of benzene rings is 2. The molecule has 0 N–H and O–H groups in total. The molecule has 1 saturated carbocycles. The summed E-state index contributed by atoms with van der Waals surface area (Å²) in [6.45, 7) is 0.589. The van der Waals surface area contributed by atoms with Crippen molar-refractivity contribution in [3.05, 3.63) is 64.5 Å². The second kappa shape index (κ2) is 6.95. The van der Waals surface area contributed by atoms with Crippen LogP contribution in [0.4, 0.5) is 13.2 Å². The molecule has 138 valence electrons. The Morgan fingerprint density at radius 1 is 0.885 bits per heavy atom. The molecular weight excluding hydrogens is 341 g/mol. The van der Waals surface area contributed by atoms with Gasteiger partial charge in [0.05, 0.1) is 13.7 Å². The maximum Gasteiger partial charge on any atom is 0.200 e. The molecule has 1 atom stereocenters. The summed E-state index contributed by atoms with van der Waals surface area (Å²) in [5.41, 5.74) is 2.01. The van der Waals surface area contributed by atoms with E-state index in [0.29, 0.717) is 17.7 Å². The molecule has 0 bridgehead atoms. The largest absolute Gasteiger partial charge is 0.494 e. The van der Waals surface area contributed by atoms with E-state index in [1.165, 1.54) is 13.2 Å². The van der Waals surface area contributed by atoms with Crippen molar-refractivity contribution in [2.75, 3.05) is 13.7 Å². The first kappa shape index (κ1) is 17.4. The summed E-state index contributed by atoms with van der Waals surface area (Å²) in [6, 6.07) is 8.49. The number of hydrogen-bond acceptors (Lipinski definition) is 2. The zero-order valence-electron chi connectivity index (χ0n) is 14.6. The molecule has 2 aromatic rings. The Kier molecular flexibility index (Phi) is 4.65. The highest BCUT2D eigenvalue weighted by Gasteiger charge is 2.30. The van der Waals surface area contributed by atoms with Crippen LogP contribution in [0.5, 0.6) is 5.75 Å². The van der Waals surface area contributed by atoms with Crippen LogP contribution in [0, 0.1) is 17.5 Å². The number of rotatable bonds is 4. The third-order valence-electron chi connectivity index (χ3n) is 5.64. The van der Waals surface area contributed by atoms with E-state index in [-0.39, 0.29) is 29.5 Å². The average Bonchev–Trinajstić information content (AvgIpc) is 3.49. The van der Waals surface area contributed by atoms with Crippen molar-refractivity contribution < 1.29 is 22.6 Å². The topological polar surface area (TPSA) is 21.8 Å². The SMILES string of the molecule is COc1ccc(C2CCC(c3ccc(C4CO4)c(F)c3)CC2)c(F)c1F. The molecule has 1 aliphatic heterocycles. The normalized spacial score (nSPS) is 25.2. The van der Waals surface area contributed by atoms with E-state index >= 15 is 0 Å². The highest BCUT2D eigenvalue weighted by molar-refractivity contribution is 5.34. The molecule has 1 unspecified atom stereocenters. The molecule has 1 heterocycles. The lowest BCUT2D eigenvalue weighted by atomic mass is 9.76. The first-order chi connectivity index (χ1) is 12.6. The maximum atomic E-state index is 14.3. The summed E-state index contributed by atoms with van der Waals surface area (Å²) in [6.07, 6.45) is 3.07. The third-order valence-corrected chi connectivity index (χ3v) is 5.64. The van der Waals surface area contributed by atoms with E-state index in [1.807, 2.05) is 12.1 Å². The van der Waals surface area contributed by atoms with Gasteiger partial charge in [0.2, 0.25) is 5.82 Å². The van der Waals surface area contributed by atoms with Crippen LogP contribution in [-0.2, 0) is 4.74 Å². The average molecular weight is 362 g/mol. The Labute approximate surface area is 150 Å². The molecule has 2 fully saturated rings. The Bertz CT molecular complexity index is 809. The fourth-order valence-electron chi connectivity index (χ4n) is 4.04. The van der Waals surface area contributed by atoms with E-state index in [2.05, 4.69) is 0 Å². The van der Waals surface area contributed by atoms with E-state index in [4.69, 9.17) is 9.47 Å². The zero-order valence-corrected chi connectivity index (χ0v) is 14.6. The van der Waals surface area contributed by atoms with Crippen LogP contribution in [0.15, 0.2) is 30.3 Å². The van der Waals surface area contributed by atoms with Crippen LogP contribution in [0.1, 0.15) is 60.3 Å². The van der Waals surface area contributed by atoms with Gasteiger partial charge in [0, 0.05) is 5.56 Å². The summed E-state index contributed by atoms with van der Waals surface area (Å²) < 4.78 is 52.5. The summed E-state index contributed by atoms with van der Waals surface area (Å²) in [7, 11) is 1.32. The van der Waals surface area contributed by atoms with Gasteiger partial charge in [-0.1, -0.05) is 18.2 Å². The highest BCUT2D eigenvalue weighted by atomic mass is 19.2. The van der Waals surface area contributed by atoms with Gasteiger partial charge in [-0.05, 0) is 60.8 Å². The van der Waals surface area contributed by atoms with Gasteiger partial charge in [0.25, 0.3) is 0 Å². The lowest BCUT2D eigenvalue weighted by molar-refractivity contribution is 0.356. The fourth-order valence-corrected chi connectivity index (χ4v) is 4.04. The number of methoxy groups -OCH3 is 1. The molecule has 2 nitrogen and oxygen atoms in total.